The highest BCUT2D eigenvalue weighted by atomic mass is 16.5. The van der Waals surface area contributed by atoms with Crippen LogP contribution >= 0.6 is 0 Å². The molecule has 1 fully saturated rings. The number of aryl methyl sites for hydroxylation is 1. The van der Waals surface area contributed by atoms with E-state index in [2.05, 4.69) is 28.4 Å². The maximum atomic E-state index is 5.59. The summed E-state index contributed by atoms with van der Waals surface area (Å²) < 4.78 is 10.8. The predicted octanol–water partition coefficient (Wildman–Crippen LogP) is 3.60. The van der Waals surface area contributed by atoms with Gasteiger partial charge in [0.2, 0.25) is 0 Å². The molecule has 0 saturated carbocycles. The largest absolute Gasteiger partial charge is 0.497 e. The summed E-state index contributed by atoms with van der Waals surface area (Å²) in [7, 11) is 1.71. The lowest BCUT2D eigenvalue weighted by Gasteiger charge is -2.32. The summed E-state index contributed by atoms with van der Waals surface area (Å²) in [5.41, 5.74) is 1.36. The Kier molecular flexibility index (Phi) is 5.94. The van der Waals surface area contributed by atoms with E-state index in [9.17, 15) is 0 Å². The quantitative estimate of drug-likeness (QED) is 0.843. The fourth-order valence-electron chi connectivity index (χ4n) is 3.32. The first-order valence-electron chi connectivity index (χ1n) is 8.84. The molecule has 1 N–H and O–H groups in total. The normalized spacial score (nSPS) is 16.4. The molecule has 1 aromatic heterocycles. The van der Waals surface area contributed by atoms with E-state index in [4.69, 9.17) is 9.15 Å². The third-order valence-electron chi connectivity index (χ3n) is 4.80. The zero-order chi connectivity index (χ0) is 16.8. The molecule has 1 saturated heterocycles. The number of rotatable bonds is 7. The van der Waals surface area contributed by atoms with E-state index in [0.29, 0.717) is 0 Å². The molecule has 2 heterocycles. The van der Waals surface area contributed by atoms with Crippen LogP contribution in [-0.4, -0.2) is 31.6 Å². The summed E-state index contributed by atoms with van der Waals surface area (Å²) in [4.78, 5) is 2.55. The van der Waals surface area contributed by atoms with Crippen LogP contribution in [0.15, 0.2) is 40.8 Å². The first-order chi connectivity index (χ1) is 11.7. The second-order valence-electron chi connectivity index (χ2n) is 6.71. The molecule has 4 nitrogen and oxygen atoms in total. The number of piperidine rings is 1. The van der Waals surface area contributed by atoms with Crippen LogP contribution in [0.25, 0.3) is 0 Å². The Morgan fingerprint density at radius 1 is 1.12 bits per heavy atom. The molecule has 0 bridgehead atoms. The molecule has 1 aromatic carbocycles. The molecule has 0 amide bonds. The van der Waals surface area contributed by atoms with E-state index < -0.39 is 0 Å². The maximum absolute atomic E-state index is 5.59. The van der Waals surface area contributed by atoms with E-state index in [1.165, 1.54) is 31.5 Å². The Hall–Kier alpha value is -1.78. The number of methoxy groups -OCH3 is 1. The number of furan rings is 1. The second-order valence-corrected chi connectivity index (χ2v) is 6.71. The van der Waals surface area contributed by atoms with E-state index in [0.717, 1.165) is 42.8 Å². The van der Waals surface area contributed by atoms with Gasteiger partial charge in [0.15, 0.2) is 0 Å². The van der Waals surface area contributed by atoms with Gasteiger partial charge in [-0.1, -0.05) is 12.1 Å². The maximum Gasteiger partial charge on any atom is 0.118 e. The number of nitrogens with zero attached hydrogens (tertiary/aromatic N) is 1. The first kappa shape index (κ1) is 17.1. The van der Waals surface area contributed by atoms with E-state index >= 15 is 0 Å². The minimum atomic E-state index is 0.771. The number of hydrogen-bond donors (Lipinski definition) is 1. The van der Waals surface area contributed by atoms with Gasteiger partial charge in [-0.05, 0) is 75.1 Å². The number of likely N-dealkylation sites (tertiary alicyclic amines) is 1. The standard InChI is InChI=1S/C20H28N2O2/c1-16-3-6-20(24-16)14-21-13-17-9-11-22(12-10-17)15-18-4-7-19(23-2)8-5-18/h3-8,17,21H,9-15H2,1-2H3. The van der Waals surface area contributed by atoms with Gasteiger partial charge in [-0.2, -0.15) is 0 Å². The van der Waals surface area contributed by atoms with E-state index in [-0.39, 0.29) is 0 Å². The fourth-order valence-corrected chi connectivity index (χ4v) is 3.32. The molecule has 0 radical (unpaired) electrons. The minimum absolute atomic E-state index is 0.771. The van der Waals surface area contributed by atoms with Crippen LogP contribution < -0.4 is 10.1 Å². The van der Waals surface area contributed by atoms with Gasteiger partial charge in [0, 0.05) is 6.54 Å². The molecular weight excluding hydrogens is 300 g/mol. The summed E-state index contributed by atoms with van der Waals surface area (Å²) in [6, 6.07) is 12.5. The van der Waals surface area contributed by atoms with Crippen LogP contribution in [-0.2, 0) is 13.1 Å². The highest BCUT2D eigenvalue weighted by molar-refractivity contribution is 5.27. The summed E-state index contributed by atoms with van der Waals surface area (Å²) >= 11 is 0. The Morgan fingerprint density at radius 3 is 2.50 bits per heavy atom. The van der Waals surface area contributed by atoms with Gasteiger partial charge >= 0.3 is 0 Å². The monoisotopic (exact) mass is 328 g/mol. The molecule has 2 aromatic rings. The molecule has 0 atom stereocenters. The zero-order valence-corrected chi connectivity index (χ0v) is 14.8. The fraction of sp³-hybridized carbons (Fsp3) is 0.500. The lowest BCUT2D eigenvalue weighted by Crippen LogP contribution is -2.36. The van der Waals surface area contributed by atoms with Gasteiger partial charge in [0.1, 0.15) is 17.3 Å². The van der Waals surface area contributed by atoms with Gasteiger partial charge in [0.25, 0.3) is 0 Å². The molecular formula is C20H28N2O2. The third kappa shape index (κ3) is 4.86. The molecule has 1 aliphatic heterocycles. The summed E-state index contributed by atoms with van der Waals surface area (Å²) in [6.07, 6.45) is 2.53. The Balaban J connectivity index is 1.35. The second kappa shape index (κ2) is 8.36. The van der Waals surface area contributed by atoms with Crippen molar-refractivity contribution in [3.8, 4) is 5.75 Å². The summed E-state index contributed by atoms with van der Waals surface area (Å²) in [5, 5.41) is 3.54. The molecule has 0 aliphatic carbocycles. The van der Waals surface area contributed by atoms with Crippen molar-refractivity contribution in [1.82, 2.24) is 10.2 Å². The van der Waals surface area contributed by atoms with Crippen molar-refractivity contribution in [3.63, 3.8) is 0 Å². The highest BCUT2D eigenvalue weighted by Crippen LogP contribution is 2.20. The number of ether oxygens (including phenoxy) is 1. The Labute approximate surface area is 144 Å². The van der Waals surface area contributed by atoms with Gasteiger partial charge in [-0.3, -0.25) is 4.90 Å². The molecule has 130 valence electrons. The smallest absolute Gasteiger partial charge is 0.118 e. The van der Waals surface area contributed by atoms with Crippen molar-refractivity contribution in [1.29, 1.82) is 0 Å². The highest BCUT2D eigenvalue weighted by Gasteiger charge is 2.19. The molecule has 3 rings (SSSR count). The lowest BCUT2D eigenvalue weighted by molar-refractivity contribution is 0.175. The first-order valence-corrected chi connectivity index (χ1v) is 8.84. The zero-order valence-electron chi connectivity index (χ0n) is 14.8. The van der Waals surface area contributed by atoms with Crippen LogP contribution in [0.1, 0.15) is 29.9 Å². The Bertz CT molecular complexity index is 613. The molecule has 24 heavy (non-hydrogen) atoms. The lowest BCUT2D eigenvalue weighted by atomic mass is 9.96. The van der Waals surface area contributed by atoms with Crippen LogP contribution in [0.3, 0.4) is 0 Å². The van der Waals surface area contributed by atoms with Gasteiger partial charge < -0.3 is 14.5 Å². The minimum Gasteiger partial charge on any atom is -0.497 e. The van der Waals surface area contributed by atoms with Crippen LogP contribution in [0.2, 0.25) is 0 Å². The van der Waals surface area contributed by atoms with Crippen molar-refractivity contribution in [3.05, 3.63) is 53.5 Å². The van der Waals surface area contributed by atoms with Crippen molar-refractivity contribution in [2.45, 2.75) is 32.9 Å². The summed E-state index contributed by atoms with van der Waals surface area (Å²) in [6.45, 7) is 7.30. The topological polar surface area (TPSA) is 37.6 Å². The predicted molar refractivity (Wildman–Crippen MR) is 96.1 cm³/mol. The number of nitrogens with one attached hydrogen (secondary N) is 1. The molecule has 1 aliphatic rings. The third-order valence-corrected chi connectivity index (χ3v) is 4.80. The average Bonchev–Trinajstić information content (AvgIpc) is 3.02. The van der Waals surface area contributed by atoms with Gasteiger partial charge in [0.05, 0.1) is 13.7 Å². The van der Waals surface area contributed by atoms with Gasteiger partial charge in [-0.15, -0.1) is 0 Å². The van der Waals surface area contributed by atoms with Crippen molar-refractivity contribution in [2.75, 3.05) is 26.7 Å². The summed E-state index contributed by atoms with van der Waals surface area (Å²) in [5.74, 6) is 3.71. The van der Waals surface area contributed by atoms with Crippen molar-refractivity contribution < 1.29 is 9.15 Å². The van der Waals surface area contributed by atoms with Crippen molar-refractivity contribution >= 4 is 0 Å². The number of hydrogen-bond acceptors (Lipinski definition) is 4. The molecule has 0 spiro atoms. The molecule has 4 heteroatoms. The van der Waals surface area contributed by atoms with E-state index in [1.54, 1.807) is 7.11 Å². The van der Waals surface area contributed by atoms with Crippen molar-refractivity contribution in [2.24, 2.45) is 5.92 Å². The van der Waals surface area contributed by atoms with Crippen LogP contribution in [0.5, 0.6) is 5.75 Å². The average molecular weight is 328 g/mol. The van der Waals surface area contributed by atoms with Gasteiger partial charge in [-0.25, -0.2) is 0 Å². The van der Waals surface area contributed by atoms with Crippen LogP contribution in [0.4, 0.5) is 0 Å². The SMILES string of the molecule is COc1ccc(CN2CCC(CNCc3ccc(C)o3)CC2)cc1. The number of benzene rings is 1. The van der Waals surface area contributed by atoms with E-state index in [1.807, 2.05) is 25.1 Å². The molecule has 0 unspecified atom stereocenters. The van der Waals surface area contributed by atoms with Crippen LogP contribution in [0, 0.1) is 12.8 Å². The Morgan fingerprint density at radius 2 is 1.88 bits per heavy atom.